The van der Waals surface area contributed by atoms with Gasteiger partial charge in [0.25, 0.3) is 0 Å². The Kier molecular flexibility index (Phi) is 6.45. The standard InChI is InChI=1S/C11H24N2OS/c1-10(6-9-15(2)14)13-11-4-3-7-12-8-5-11/h10-13H,3-9H2,1-2H3. The molecule has 1 aliphatic heterocycles. The number of rotatable bonds is 5. The molecule has 3 nitrogen and oxygen atoms in total. The van der Waals surface area contributed by atoms with Crippen molar-refractivity contribution in [3.63, 3.8) is 0 Å². The summed E-state index contributed by atoms with van der Waals surface area (Å²) in [7, 11) is -0.648. The molecular formula is C11H24N2OS. The molecule has 0 saturated carbocycles. The third-order valence-corrected chi connectivity index (χ3v) is 3.74. The maximum atomic E-state index is 11.0. The highest BCUT2D eigenvalue weighted by Gasteiger charge is 2.13. The van der Waals surface area contributed by atoms with Crippen LogP contribution in [0.2, 0.25) is 0 Å². The van der Waals surface area contributed by atoms with E-state index >= 15 is 0 Å². The lowest BCUT2D eigenvalue weighted by atomic mass is 10.1. The van der Waals surface area contributed by atoms with Gasteiger partial charge in [0.15, 0.2) is 0 Å². The molecule has 3 atom stereocenters. The van der Waals surface area contributed by atoms with Gasteiger partial charge >= 0.3 is 0 Å². The van der Waals surface area contributed by atoms with Crippen LogP contribution >= 0.6 is 0 Å². The fourth-order valence-electron chi connectivity index (χ4n) is 2.01. The highest BCUT2D eigenvalue weighted by atomic mass is 32.2. The molecule has 1 heterocycles. The molecule has 15 heavy (non-hydrogen) atoms. The van der Waals surface area contributed by atoms with E-state index in [1.54, 1.807) is 6.26 Å². The average Bonchev–Trinajstić information content (AvgIpc) is 2.43. The molecule has 90 valence electrons. The van der Waals surface area contributed by atoms with E-state index in [4.69, 9.17) is 0 Å². The van der Waals surface area contributed by atoms with Crippen molar-refractivity contribution in [2.75, 3.05) is 25.1 Å². The molecule has 0 spiro atoms. The van der Waals surface area contributed by atoms with Gasteiger partial charge in [0.05, 0.1) is 0 Å². The number of nitrogens with one attached hydrogen (secondary N) is 2. The summed E-state index contributed by atoms with van der Waals surface area (Å²) < 4.78 is 11.0. The van der Waals surface area contributed by atoms with E-state index in [1.807, 2.05) is 0 Å². The normalized spacial score (nSPS) is 26.9. The smallest absolute Gasteiger partial charge is 0.0246 e. The maximum Gasteiger partial charge on any atom is 0.0246 e. The Hall–Kier alpha value is 0.0700. The van der Waals surface area contributed by atoms with Crippen molar-refractivity contribution in [3.05, 3.63) is 0 Å². The van der Waals surface area contributed by atoms with Crippen LogP contribution in [0.4, 0.5) is 0 Å². The van der Waals surface area contributed by atoms with Crippen LogP contribution in [-0.4, -0.2) is 41.4 Å². The van der Waals surface area contributed by atoms with Gasteiger partial charge in [-0.2, -0.15) is 0 Å². The van der Waals surface area contributed by atoms with Gasteiger partial charge in [-0.05, 0) is 45.7 Å². The first kappa shape index (κ1) is 13.1. The van der Waals surface area contributed by atoms with Gasteiger partial charge in [0, 0.05) is 34.9 Å². The van der Waals surface area contributed by atoms with Gasteiger partial charge in [-0.3, -0.25) is 4.21 Å². The lowest BCUT2D eigenvalue weighted by molar-refractivity contribution is 0.408. The Morgan fingerprint density at radius 1 is 1.47 bits per heavy atom. The van der Waals surface area contributed by atoms with E-state index < -0.39 is 10.8 Å². The minimum absolute atomic E-state index is 0.497. The van der Waals surface area contributed by atoms with Gasteiger partial charge in [0.1, 0.15) is 0 Å². The lowest BCUT2D eigenvalue weighted by Gasteiger charge is -2.21. The Morgan fingerprint density at radius 2 is 2.27 bits per heavy atom. The predicted octanol–water partition coefficient (Wildman–Crippen LogP) is 0.875. The summed E-state index contributed by atoms with van der Waals surface area (Å²) in [6.45, 7) is 4.49. The summed E-state index contributed by atoms with van der Waals surface area (Å²) >= 11 is 0. The van der Waals surface area contributed by atoms with Crippen molar-refractivity contribution in [1.29, 1.82) is 0 Å². The van der Waals surface area contributed by atoms with Crippen molar-refractivity contribution in [1.82, 2.24) is 10.6 Å². The van der Waals surface area contributed by atoms with Crippen molar-refractivity contribution in [3.8, 4) is 0 Å². The van der Waals surface area contributed by atoms with Gasteiger partial charge in [0.2, 0.25) is 0 Å². The monoisotopic (exact) mass is 232 g/mol. The first-order chi connectivity index (χ1) is 7.18. The van der Waals surface area contributed by atoms with Crippen LogP contribution in [0.5, 0.6) is 0 Å². The minimum Gasteiger partial charge on any atom is -0.317 e. The summed E-state index contributed by atoms with van der Waals surface area (Å²) in [6, 6.07) is 1.15. The quantitative estimate of drug-likeness (QED) is 0.739. The highest BCUT2D eigenvalue weighted by molar-refractivity contribution is 7.84. The predicted molar refractivity (Wildman–Crippen MR) is 66.7 cm³/mol. The summed E-state index contributed by atoms with van der Waals surface area (Å²) in [6.07, 6.45) is 6.56. The second-order valence-electron chi connectivity index (χ2n) is 4.51. The second kappa shape index (κ2) is 7.36. The topological polar surface area (TPSA) is 41.1 Å². The zero-order chi connectivity index (χ0) is 11.1. The van der Waals surface area contributed by atoms with Crippen molar-refractivity contribution in [2.45, 2.75) is 44.7 Å². The van der Waals surface area contributed by atoms with Crippen LogP contribution in [0.15, 0.2) is 0 Å². The first-order valence-corrected chi connectivity index (χ1v) is 7.68. The summed E-state index contributed by atoms with van der Waals surface area (Å²) in [5.41, 5.74) is 0. The number of hydrogen-bond donors (Lipinski definition) is 2. The average molecular weight is 232 g/mol. The van der Waals surface area contributed by atoms with Crippen molar-refractivity contribution in [2.24, 2.45) is 0 Å². The summed E-state index contributed by atoms with van der Waals surface area (Å²) in [4.78, 5) is 0. The molecule has 1 rings (SSSR count). The molecular weight excluding hydrogens is 208 g/mol. The molecule has 0 bridgehead atoms. The third kappa shape index (κ3) is 6.28. The Balaban J connectivity index is 2.17. The van der Waals surface area contributed by atoms with Gasteiger partial charge in [-0.15, -0.1) is 0 Å². The van der Waals surface area contributed by atoms with Gasteiger partial charge in [-0.1, -0.05) is 0 Å². The zero-order valence-electron chi connectivity index (χ0n) is 9.92. The molecule has 4 heteroatoms. The van der Waals surface area contributed by atoms with E-state index in [-0.39, 0.29) is 0 Å². The van der Waals surface area contributed by atoms with Crippen LogP contribution in [0, 0.1) is 0 Å². The molecule has 0 amide bonds. The Morgan fingerprint density at radius 3 is 3.00 bits per heavy atom. The van der Waals surface area contributed by atoms with Crippen LogP contribution in [0.25, 0.3) is 0 Å². The van der Waals surface area contributed by atoms with E-state index in [1.165, 1.54) is 19.3 Å². The van der Waals surface area contributed by atoms with E-state index in [0.717, 1.165) is 25.3 Å². The molecule has 0 aromatic heterocycles. The molecule has 2 N–H and O–H groups in total. The largest absolute Gasteiger partial charge is 0.317 e. The van der Waals surface area contributed by atoms with E-state index in [2.05, 4.69) is 17.6 Å². The molecule has 0 aromatic carbocycles. The highest BCUT2D eigenvalue weighted by Crippen LogP contribution is 2.07. The van der Waals surface area contributed by atoms with Gasteiger partial charge < -0.3 is 10.6 Å². The molecule has 1 fully saturated rings. The molecule has 1 aliphatic rings. The second-order valence-corrected chi connectivity index (χ2v) is 6.07. The first-order valence-electron chi connectivity index (χ1n) is 5.95. The van der Waals surface area contributed by atoms with Crippen molar-refractivity contribution < 1.29 is 4.21 Å². The van der Waals surface area contributed by atoms with Crippen LogP contribution in [0.3, 0.4) is 0 Å². The lowest BCUT2D eigenvalue weighted by Crippen LogP contribution is -2.37. The van der Waals surface area contributed by atoms with Crippen LogP contribution < -0.4 is 10.6 Å². The van der Waals surface area contributed by atoms with E-state index in [9.17, 15) is 4.21 Å². The molecule has 0 aliphatic carbocycles. The Labute approximate surface area is 95.9 Å². The SMILES string of the molecule is CC(CCS(C)=O)NC1CCCNCC1. The molecule has 0 radical (unpaired) electrons. The maximum absolute atomic E-state index is 11.0. The fraction of sp³-hybridized carbons (Fsp3) is 1.00. The van der Waals surface area contributed by atoms with Crippen LogP contribution in [0.1, 0.15) is 32.6 Å². The summed E-state index contributed by atoms with van der Waals surface area (Å²) in [5, 5.41) is 7.05. The van der Waals surface area contributed by atoms with Crippen molar-refractivity contribution >= 4 is 10.8 Å². The van der Waals surface area contributed by atoms with Crippen LogP contribution in [-0.2, 0) is 10.8 Å². The molecule has 0 aromatic rings. The fourth-order valence-corrected chi connectivity index (χ4v) is 2.70. The molecule has 3 unspecified atom stereocenters. The summed E-state index contributed by atoms with van der Waals surface area (Å²) in [5.74, 6) is 0.819. The minimum atomic E-state index is -0.648. The third-order valence-electron chi connectivity index (χ3n) is 2.93. The Bertz CT molecular complexity index is 191. The zero-order valence-corrected chi connectivity index (χ0v) is 10.7. The van der Waals surface area contributed by atoms with Gasteiger partial charge in [-0.25, -0.2) is 0 Å². The molecule has 1 saturated heterocycles. The number of hydrogen-bond acceptors (Lipinski definition) is 3. The van der Waals surface area contributed by atoms with E-state index in [0.29, 0.717) is 12.1 Å².